The molecule has 3 N–H and O–H groups in total. The Morgan fingerprint density at radius 1 is 1.13 bits per heavy atom. The Morgan fingerprint density at radius 3 is 2.57 bits per heavy atom. The first-order valence-corrected chi connectivity index (χ1v) is 9.19. The lowest BCUT2D eigenvalue weighted by atomic mass is 9.92. The number of hydrogen-bond donors (Lipinski definition) is 3. The summed E-state index contributed by atoms with van der Waals surface area (Å²) >= 11 is 0. The van der Waals surface area contributed by atoms with E-state index >= 15 is 0 Å². The molecule has 30 heavy (non-hydrogen) atoms. The second-order valence-electron chi connectivity index (χ2n) is 6.89. The van der Waals surface area contributed by atoms with Gasteiger partial charge >= 0.3 is 6.03 Å². The number of anilines is 1. The molecule has 9 nitrogen and oxygen atoms in total. The quantitative estimate of drug-likeness (QED) is 0.624. The second kappa shape index (κ2) is 8.24. The minimum Gasteiger partial charge on any atom is -0.497 e. The third-order valence-electron chi connectivity index (χ3n) is 4.86. The second-order valence-corrected chi connectivity index (χ2v) is 6.89. The lowest BCUT2D eigenvalue weighted by Crippen LogP contribution is -2.42. The highest BCUT2D eigenvalue weighted by Gasteiger charge is 2.49. The van der Waals surface area contributed by atoms with Crippen LogP contribution in [0.4, 0.5) is 10.5 Å². The molecule has 0 bridgehead atoms. The average molecular weight is 410 g/mol. The van der Waals surface area contributed by atoms with Crippen molar-refractivity contribution in [3.8, 4) is 5.75 Å². The summed E-state index contributed by atoms with van der Waals surface area (Å²) in [7, 11) is 3.01. The predicted octanol–water partition coefficient (Wildman–Crippen LogP) is 1.46. The third kappa shape index (κ3) is 3.95. The summed E-state index contributed by atoms with van der Waals surface area (Å²) in [6.45, 7) is 1.11. The molecule has 9 heteroatoms. The van der Waals surface area contributed by atoms with E-state index in [2.05, 4.69) is 16.0 Å². The maximum Gasteiger partial charge on any atom is 0.325 e. The highest BCUT2D eigenvalue weighted by molar-refractivity contribution is 6.10. The highest BCUT2D eigenvalue weighted by atomic mass is 16.5. The molecule has 0 aromatic heterocycles. The number of rotatable bonds is 6. The Kier molecular flexibility index (Phi) is 5.72. The molecule has 2 aromatic rings. The van der Waals surface area contributed by atoms with Crippen molar-refractivity contribution in [1.29, 1.82) is 0 Å². The molecule has 1 saturated heterocycles. The number of nitrogens with one attached hydrogen (secondary N) is 3. The number of hydrogen-bond acceptors (Lipinski definition) is 5. The van der Waals surface area contributed by atoms with Crippen molar-refractivity contribution in [3.63, 3.8) is 0 Å². The summed E-state index contributed by atoms with van der Waals surface area (Å²) in [5.41, 5.74) is -0.0219. The molecule has 1 heterocycles. The largest absolute Gasteiger partial charge is 0.497 e. The third-order valence-corrected chi connectivity index (χ3v) is 4.86. The van der Waals surface area contributed by atoms with Gasteiger partial charge in [0.15, 0.2) is 0 Å². The smallest absolute Gasteiger partial charge is 0.325 e. The van der Waals surface area contributed by atoms with Gasteiger partial charge in [-0.15, -0.1) is 0 Å². The van der Waals surface area contributed by atoms with Crippen molar-refractivity contribution >= 4 is 29.4 Å². The lowest BCUT2D eigenvalue weighted by Gasteiger charge is -2.22. The molecule has 0 saturated carbocycles. The van der Waals surface area contributed by atoms with Crippen LogP contribution in [0.15, 0.2) is 48.5 Å². The Bertz CT molecular complexity index is 1020. The van der Waals surface area contributed by atoms with Crippen molar-refractivity contribution in [2.45, 2.75) is 12.5 Å². The zero-order valence-corrected chi connectivity index (χ0v) is 16.8. The number of carbonyl (C=O) groups excluding carboxylic acids is 4. The van der Waals surface area contributed by atoms with Gasteiger partial charge in [0.05, 0.1) is 7.11 Å². The first-order chi connectivity index (χ1) is 14.3. The summed E-state index contributed by atoms with van der Waals surface area (Å²) < 4.78 is 5.18. The maximum absolute atomic E-state index is 13.0. The molecule has 1 aliphatic heterocycles. The highest BCUT2D eigenvalue weighted by Crippen LogP contribution is 2.30. The first kappa shape index (κ1) is 20.8. The molecule has 1 fully saturated rings. The molecule has 3 rings (SSSR count). The number of benzene rings is 2. The van der Waals surface area contributed by atoms with Crippen molar-refractivity contribution in [1.82, 2.24) is 15.5 Å². The van der Waals surface area contributed by atoms with E-state index in [4.69, 9.17) is 4.74 Å². The lowest BCUT2D eigenvalue weighted by molar-refractivity contribution is -0.133. The van der Waals surface area contributed by atoms with E-state index in [1.807, 2.05) is 0 Å². The monoisotopic (exact) mass is 410 g/mol. The number of amides is 5. The minimum atomic E-state index is -1.31. The zero-order valence-electron chi connectivity index (χ0n) is 16.8. The fraction of sp³-hybridized carbons (Fsp3) is 0.238. The van der Waals surface area contributed by atoms with E-state index in [1.165, 1.54) is 20.2 Å². The molecular formula is C21H22N4O5. The number of imide groups is 1. The van der Waals surface area contributed by atoms with E-state index in [1.54, 1.807) is 49.4 Å². The summed E-state index contributed by atoms with van der Waals surface area (Å²) in [4.78, 5) is 50.4. The van der Waals surface area contributed by atoms with Crippen LogP contribution in [0.3, 0.4) is 0 Å². The molecule has 2 aromatic carbocycles. The number of methoxy groups -OCH3 is 1. The van der Waals surface area contributed by atoms with E-state index in [-0.39, 0.29) is 5.91 Å². The molecule has 0 spiro atoms. The van der Waals surface area contributed by atoms with Crippen LogP contribution in [0.5, 0.6) is 5.75 Å². The molecule has 156 valence electrons. The van der Waals surface area contributed by atoms with Crippen LogP contribution in [0.25, 0.3) is 0 Å². The molecule has 0 radical (unpaired) electrons. The van der Waals surface area contributed by atoms with Gasteiger partial charge in [-0.1, -0.05) is 18.2 Å². The zero-order chi connectivity index (χ0) is 21.9. The van der Waals surface area contributed by atoms with Gasteiger partial charge in [-0.3, -0.25) is 19.3 Å². The fourth-order valence-corrected chi connectivity index (χ4v) is 3.20. The Balaban J connectivity index is 1.74. The van der Waals surface area contributed by atoms with Crippen molar-refractivity contribution in [2.24, 2.45) is 0 Å². The Morgan fingerprint density at radius 2 is 1.87 bits per heavy atom. The molecule has 5 amide bonds. The summed E-state index contributed by atoms with van der Waals surface area (Å²) in [6.07, 6.45) is 0. The van der Waals surface area contributed by atoms with Crippen LogP contribution in [0.1, 0.15) is 22.8 Å². The molecule has 0 aliphatic carbocycles. The maximum atomic E-state index is 13.0. The minimum absolute atomic E-state index is 0.297. The van der Waals surface area contributed by atoms with Crippen LogP contribution >= 0.6 is 0 Å². The molecule has 1 aliphatic rings. The number of nitrogens with zero attached hydrogens (tertiary/aromatic N) is 1. The fourth-order valence-electron chi connectivity index (χ4n) is 3.20. The van der Waals surface area contributed by atoms with Crippen molar-refractivity contribution in [3.05, 3.63) is 59.7 Å². The summed E-state index contributed by atoms with van der Waals surface area (Å²) in [5, 5.41) is 7.75. The van der Waals surface area contributed by atoms with Crippen LogP contribution in [0.2, 0.25) is 0 Å². The van der Waals surface area contributed by atoms with Gasteiger partial charge < -0.3 is 20.7 Å². The van der Waals surface area contributed by atoms with Crippen LogP contribution in [0, 0.1) is 0 Å². The first-order valence-electron chi connectivity index (χ1n) is 9.19. The number of ether oxygens (including phenoxy) is 1. The van der Waals surface area contributed by atoms with Gasteiger partial charge in [0, 0.05) is 18.3 Å². The average Bonchev–Trinajstić information content (AvgIpc) is 2.97. The summed E-state index contributed by atoms with van der Waals surface area (Å²) in [5.74, 6) is -0.866. The van der Waals surface area contributed by atoms with Crippen molar-refractivity contribution < 1.29 is 23.9 Å². The topological polar surface area (TPSA) is 117 Å². The Hall–Kier alpha value is -3.88. The normalized spacial score (nSPS) is 18.0. The standard InChI is InChI=1S/C21H22N4O5/c1-21(14-7-5-9-16(11-14)30-3)19(28)25(20(29)24-21)12-17(26)23-15-8-4-6-13(10-15)18(27)22-2/h4-11H,12H2,1-3H3,(H,22,27)(H,23,26)(H,24,29)/t21-/m1/s1. The van der Waals surface area contributed by atoms with E-state index in [0.717, 1.165) is 4.90 Å². The van der Waals surface area contributed by atoms with Crippen LogP contribution in [-0.2, 0) is 15.1 Å². The van der Waals surface area contributed by atoms with Crippen LogP contribution in [-0.4, -0.2) is 49.4 Å². The Labute approximate surface area is 173 Å². The van der Waals surface area contributed by atoms with E-state index < -0.39 is 29.9 Å². The van der Waals surface area contributed by atoms with Crippen LogP contribution < -0.4 is 20.7 Å². The number of urea groups is 1. The van der Waals surface area contributed by atoms with Gasteiger partial charge in [-0.2, -0.15) is 0 Å². The molecule has 0 unspecified atom stereocenters. The van der Waals surface area contributed by atoms with Crippen molar-refractivity contribution in [2.75, 3.05) is 26.0 Å². The summed E-state index contributed by atoms with van der Waals surface area (Å²) in [6, 6.07) is 12.5. The molecular weight excluding hydrogens is 388 g/mol. The van der Waals surface area contributed by atoms with E-state index in [9.17, 15) is 19.2 Å². The molecule has 1 atom stereocenters. The SMILES string of the molecule is CNC(=O)c1cccc(NC(=O)CN2C(=O)N[C@](C)(c3cccc(OC)c3)C2=O)c1. The van der Waals surface area contributed by atoms with Gasteiger partial charge in [0.25, 0.3) is 11.8 Å². The number of carbonyl (C=O) groups is 4. The predicted molar refractivity (Wildman–Crippen MR) is 109 cm³/mol. The van der Waals surface area contributed by atoms with Gasteiger partial charge in [-0.05, 0) is 42.8 Å². The van der Waals surface area contributed by atoms with E-state index in [0.29, 0.717) is 22.6 Å². The van der Waals surface area contributed by atoms with Gasteiger partial charge in [0.2, 0.25) is 5.91 Å². The van der Waals surface area contributed by atoms with Gasteiger partial charge in [-0.25, -0.2) is 4.79 Å². The van der Waals surface area contributed by atoms with Gasteiger partial charge in [0.1, 0.15) is 17.8 Å².